The number of ketones is 2. The van der Waals surface area contributed by atoms with Crippen LogP contribution in [0.15, 0.2) is 42.0 Å². The lowest BCUT2D eigenvalue weighted by atomic mass is 9.33. The van der Waals surface area contributed by atoms with Crippen molar-refractivity contribution in [2.24, 2.45) is 56.7 Å². The first-order valence-corrected chi connectivity index (χ1v) is 16.7. The summed E-state index contributed by atoms with van der Waals surface area (Å²) in [4.78, 5) is 41.5. The van der Waals surface area contributed by atoms with Gasteiger partial charge in [0.1, 0.15) is 12.4 Å². The van der Waals surface area contributed by atoms with E-state index in [1.54, 1.807) is 0 Å². The van der Waals surface area contributed by atoms with Gasteiger partial charge in [-0.3, -0.25) is 14.4 Å². The molecule has 0 spiro atoms. The minimum atomic E-state index is -0.814. The maximum Gasteiger partial charge on any atom is 0.307 e. The molecular weight excluding hydrogens is 520 g/mol. The normalized spacial score (nSPS) is 46.5. The number of carbonyl (C=O) groups excluding carboxylic acids is 3. The fourth-order valence-corrected chi connectivity index (χ4v) is 11.6. The van der Waals surface area contributed by atoms with Gasteiger partial charge in [-0.15, -0.1) is 0 Å². The molecule has 1 unspecified atom stereocenters. The van der Waals surface area contributed by atoms with Crippen LogP contribution in [0.5, 0.6) is 0 Å². The second-order valence-electron chi connectivity index (χ2n) is 16.5. The summed E-state index contributed by atoms with van der Waals surface area (Å²) in [5.41, 5.74) is 1.34. The Kier molecular flexibility index (Phi) is 7.03. The van der Waals surface area contributed by atoms with Crippen LogP contribution in [0, 0.1) is 56.7 Å². The van der Waals surface area contributed by atoms with E-state index >= 15 is 0 Å². The van der Waals surface area contributed by atoms with Crippen molar-refractivity contribution in [2.75, 3.05) is 0 Å². The predicted molar refractivity (Wildman–Crippen MR) is 165 cm³/mol. The molecule has 1 aromatic rings. The highest BCUT2D eigenvalue weighted by Crippen LogP contribution is 2.75. The highest BCUT2D eigenvalue weighted by atomic mass is 16.5. The van der Waals surface area contributed by atoms with Gasteiger partial charge in [-0.05, 0) is 102 Å². The van der Waals surface area contributed by atoms with E-state index in [9.17, 15) is 14.4 Å². The third-order valence-electron chi connectivity index (χ3n) is 14.5. The van der Waals surface area contributed by atoms with Gasteiger partial charge in [0.05, 0.1) is 6.42 Å². The van der Waals surface area contributed by atoms with E-state index < -0.39 is 5.41 Å². The molecule has 5 aliphatic carbocycles. The summed E-state index contributed by atoms with van der Waals surface area (Å²) < 4.78 is 5.70. The number of esters is 1. The monoisotopic (exact) mass is 572 g/mol. The van der Waals surface area contributed by atoms with Crippen molar-refractivity contribution in [3.63, 3.8) is 0 Å². The fourth-order valence-electron chi connectivity index (χ4n) is 11.6. The average Bonchev–Trinajstić information content (AvgIpc) is 2.94. The number of ether oxygens (including phenoxy) is 1. The standard InChI is InChI=1S/C38H52O4/c1-24-13-16-34(3)19-20-37(6)27(32(34)25(24)2)21-28(39)33-35(4)17-15-30(40)36(5,29(35)14-18-38(33,37)7)22-31(41)42-23-26-11-9-8-10-12-26/h8-12,21,24-25,29,32-33H,13-20,22-23H2,1-7H3/t24-,25+,29-,32+,33-,34-,35+,36?,37-,38-/m1/s1. The molecule has 6 rings (SSSR count). The van der Waals surface area contributed by atoms with Gasteiger partial charge in [0, 0.05) is 17.8 Å². The van der Waals surface area contributed by atoms with Crippen molar-refractivity contribution < 1.29 is 19.1 Å². The minimum absolute atomic E-state index is 0.0152. The fraction of sp³-hybridized carbons (Fsp3) is 0.711. The summed E-state index contributed by atoms with van der Waals surface area (Å²) in [6.45, 7) is 16.7. The van der Waals surface area contributed by atoms with Crippen molar-refractivity contribution >= 4 is 17.5 Å². The van der Waals surface area contributed by atoms with E-state index in [-0.39, 0.29) is 64.1 Å². The highest BCUT2D eigenvalue weighted by molar-refractivity contribution is 5.96. The molecule has 0 heterocycles. The van der Waals surface area contributed by atoms with Crippen molar-refractivity contribution in [1.29, 1.82) is 0 Å². The van der Waals surface area contributed by atoms with Crippen LogP contribution in [0.3, 0.4) is 0 Å². The third-order valence-corrected chi connectivity index (χ3v) is 14.5. The zero-order chi connectivity index (χ0) is 30.3. The van der Waals surface area contributed by atoms with E-state index in [4.69, 9.17) is 4.74 Å². The van der Waals surface area contributed by atoms with Crippen LogP contribution >= 0.6 is 0 Å². The SMILES string of the molecule is C[C@H]1[C@H](C)CC[C@]2(C)CC[C@]3(C)C(=CC(=O)[C@@H]4[C@@]5(C)CCC(=O)C(C)(CC(=O)OCc6ccccc6)[C@@H]5CC[C@]43C)[C@H]12. The topological polar surface area (TPSA) is 60.4 Å². The number of rotatable bonds is 4. The number of allylic oxidation sites excluding steroid dienone is 2. The number of fused-ring (bicyclic) bond motifs is 7. The van der Waals surface area contributed by atoms with Crippen LogP contribution in [0.2, 0.25) is 0 Å². The molecule has 4 heteroatoms. The van der Waals surface area contributed by atoms with Crippen molar-refractivity contribution in [3.05, 3.63) is 47.5 Å². The summed E-state index contributed by atoms with van der Waals surface area (Å²) in [5, 5.41) is 0. The Morgan fingerprint density at radius 1 is 0.905 bits per heavy atom. The third kappa shape index (κ3) is 4.09. The second kappa shape index (κ2) is 9.89. The summed E-state index contributed by atoms with van der Waals surface area (Å²) in [5.74, 6) is 1.70. The molecule has 0 bridgehead atoms. The van der Waals surface area contributed by atoms with Gasteiger partial charge in [0.15, 0.2) is 5.78 Å². The molecule has 10 atom stereocenters. The molecule has 1 aromatic carbocycles. The Balaban J connectivity index is 1.33. The number of hydrogen-bond donors (Lipinski definition) is 0. The lowest BCUT2D eigenvalue weighted by Gasteiger charge is -2.70. The van der Waals surface area contributed by atoms with Crippen molar-refractivity contribution in [2.45, 2.75) is 113 Å². The molecule has 228 valence electrons. The average molecular weight is 573 g/mol. The van der Waals surface area contributed by atoms with E-state index in [1.807, 2.05) is 37.3 Å². The minimum Gasteiger partial charge on any atom is -0.461 e. The predicted octanol–water partition coefficient (Wildman–Crippen LogP) is 8.53. The van der Waals surface area contributed by atoms with Gasteiger partial charge in [-0.25, -0.2) is 0 Å². The Morgan fingerprint density at radius 3 is 2.33 bits per heavy atom. The number of carbonyl (C=O) groups is 3. The highest BCUT2D eigenvalue weighted by Gasteiger charge is 2.70. The molecule has 0 amide bonds. The molecule has 4 nitrogen and oxygen atoms in total. The quantitative estimate of drug-likeness (QED) is 0.339. The zero-order valence-electron chi connectivity index (χ0n) is 27.1. The van der Waals surface area contributed by atoms with Crippen LogP contribution in [0.25, 0.3) is 0 Å². The summed E-state index contributed by atoms with van der Waals surface area (Å²) in [6.07, 6.45) is 10.1. The largest absolute Gasteiger partial charge is 0.461 e. The maximum atomic E-state index is 14.6. The van der Waals surface area contributed by atoms with Gasteiger partial charge in [0.25, 0.3) is 0 Å². The van der Waals surface area contributed by atoms with Gasteiger partial charge >= 0.3 is 5.97 Å². The Morgan fingerprint density at radius 2 is 1.62 bits per heavy atom. The summed E-state index contributed by atoms with van der Waals surface area (Å²) >= 11 is 0. The zero-order valence-corrected chi connectivity index (χ0v) is 27.1. The molecule has 0 saturated heterocycles. The lowest BCUT2D eigenvalue weighted by molar-refractivity contribution is -0.193. The maximum absolute atomic E-state index is 14.6. The molecule has 4 saturated carbocycles. The molecule has 0 aromatic heterocycles. The Bertz CT molecular complexity index is 1310. The van der Waals surface area contributed by atoms with Crippen molar-refractivity contribution in [3.8, 4) is 0 Å². The smallest absolute Gasteiger partial charge is 0.307 e. The van der Waals surface area contributed by atoms with Gasteiger partial charge in [-0.1, -0.05) is 84.4 Å². The second-order valence-corrected chi connectivity index (χ2v) is 16.5. The van der Waals surface area contributed by atoms with E-state index in [0.717, 1.165) is 31.2 Å². The summed E-state index contributed by atoms with van der Waals surface area (Å²) in [7, 11) is 0. The van der Waals surface area contributed by atoms with E-state index in [0.29, 0.717) is 24.2 Å². The summed E-state index contributed by atoms with van der Waals surface area (Å²) in [6, 6.07) is 9.70. The Hall–Kier alpha value is -2.23. The van der Waals surface area contributed by atoms with Crippen LogP contribution in [-0.4, -0.2) is 17.5 Å². The first-order chi connectivity index (χ1) is 19.7. The van der Waals surface area contributed by atoms with Crippen LogP contribution in [0.4, 0.5) is 0 Å². The molecule has 5 aliphatic rings. The van der Waals surface area contributed by atoms with Crippen LogP contribution in [-0.2, 0) is 25.7 Å². The molecule has 42 heavy (non-hydrogen) atoms. The van der Waals surface area contributed by atoms with Gasteiger partial charge < -0.3 is 4.74 Å². The van der Waals surface area contributed by atoms with Crippen LogP contribution in [0.1, 0.15) is 112 Å². The first kappa shape index (κ1) is 29.8. The molecule has 4 fully saturated rings. The number of hydrogen-bond acceptors (Lipinski definition) is 4. The number of Topliss-reactive ketones (excluding diaryl/α,β-unsaturated/α-hetero) is 1. The lowest BCUT2D eigenvalue weighted by Crippen LogP contribution is -2.66. The van der Waals surface area contributed by atoms with E-state index in [1.165, 1.54) is 24.8 Å². The van der Waals surface area contributed by atoms with Gasteiger partial charge in [-0.2, -0.15) is 0 Å². The van der Waals surface area contributed by atoms with Crippen molar-refractivity contribution in [1.82, 2.24) is 0 Å². The molecule has 0 radical (unpaired) electrons. The van der Waals surface area contributed by atoms with Crippen LogP contribution < -0.4 is 0 Å². The molecular formula is C38H52O4. The van der Waals surface area contributed by atoms with Gasteiger partial charge in [0.2, 0.25) is 0 Å². The molecule has 0 aliphatic heterocycles. The first-order valence-electron chi connectivity index (χ1n) is 16.7. The number of benzene rings is 1. The Labute approximate surface area is 253 Å². The van der Waals surface area contributed by atoms with E-state index in [2.05, 4.69) is 47.6 Å². The molecule has 0 N–H and O–H groups in total.